The highest BCUT2D eigenvalue weighted by Crippen LogP contribution is 2.41. The van der Waals surface area contributed by atoms with Crippen LogP contribution in [0, 0.1) is 6.92 Å². The van der Waals surface area contributed by atoms with Gasteiger partial charge < -0.3 is 23.9 Å². The topological polar surface area (TPSA) is 89.2 Å². The molecule has 8 heteroatoms. The number of methoxy groups -OCH3 is 1. The van der Waals surface area contributed by atoms with Gasteiger partial charge in [-0.1, -0.05) is 0 Å². The molecular weight excluding hydrogens is 454 g/mol. The Balaban J connectivity index is 1.81. The van der Waals surface area contributed by atoms with Gasteiger partial charge in [-0.2, -0.15) is 0 Å². The summed E-state index contributed by atoms with van der Waals surface area (Å²) in [4.78, 5) is 27.3. The Labute approximate surface area is 182 Å². The SMILES string of the molecule is COc1ccc(/C(O)=C2/C(=O)C(=O)N(CC3CCCO3)C2c2ccc(C)o2)cc1Br. The zero-order valence-corrected chi connectivity index (χ0v) is 18.3. The van der Waals surface area contributed by atoms with E-state index in [0.717, 1.165) is 12.8 Å². The number of ketones is 1. The summed E-state index contributed by atoms with van der Waals surface area (Å²) in [7, 11) is 1.54. The molecule has 3 heterocycles. The number of rotatable bonds is 5. The minimum atomic E-state index is -0.816. The lowest BCUT2D eigenvalue weighted by atomic mass is 9.99. The summed E-state index contributed by atoms with van der Waals surface area (Å²) in [5, 5.41) is 11.1. The highest BCUT2D eigenvalue weighted by atomic mass is 79.9. The molecule has 1 N–H and O–H groups in total. The Morgan fingerprint density at radius 2 is 2.10 bits per heavy atom. The smallest absolute Gasteiger partial charge is 0.295 e. The molecule has 2 unspecified atom stereocenters. The van der Waals surface area contributed by atoms with E-state index in [-0.39, 0.29) is 24.0 Å². The van der Waals surface area contributed by atoms with Crippen molar-refractivity contribution >= 4 is 33.4 Å². The van der Waals surface area contributed by atoms with Crippen LogP contribution in [-0.2, 0) is 14.3 Å². The Kier molecular flexibility index (Phi) is 5.71. The van der Waals surface area contributed by atoms with Crippen molar-refractivity contribution < 1.29 is 28.6 Å². The van der Waals surface area contributed by atoms with Gasteiger partial charge in [0.2, 0.25) is 0 Å². The third kappa shape index (κ3) is 3.65. The van der Waals surface area contributed by atoms with E-state index in [4.69, 9.17) is 13.9 Å². The molecule has 1 aromatic heterocycles. The summed E-state index contributed by atoms with van der Waals surface area (Å²) < 4.78 is 17.3. The van der Waals surface area contributed by atoms with Crippen LogP contribution in [0.15, 0.2) is 44.8 Å². The number of aliphatic hydroxyl groups is 1. The summed E-state index contributed by atoms with van der Waals surface area (Å²) in [6, 6.07) is 7.64. The van der Waals surface area contributed by atoms with Gasteiger partial charge in [0, 0.05) is 18.7 Å². The van der Waals surface area contributed by atoms with Crippen molar-refractivity contribution in [2.75, 3.05) is 20.3 Å². The summed E-state index contributed by atoms with van der Waals surface area (Å²) in [5.41, 5.74) is 0.399. The summed E-state index contributed by atoms with van der Waals surface area (Å²) in [5.74, 6) is 0.00285. The van der Waals surface area contributed by atoms with Gasteiger partial charge in [0.15, 0.2) is 0 Å². The molecule has 30 heavy (non-hydrogen) atoms. The number of aliphatic hydroxyl groups excluding tert-OH is 1. The Hall–Kier alpha value is -2.58. The number of Topliss-reactive ketones (excluding diaryl/α,β-unsaturated/α-hetero) is 1. The maximum absolute atomic E-state index is 13.0. The number of aryl methyl sites for hydroxylation is 1. The van der Waals surface area contributed by atoms with Crippen LogP contribution in [0.2, 0.25) is 0 Å². The largest absolute Gasteiger partial charge is 0.507 e. The number of amides is 1. The molecule has 2 atom stereocenters. The van der Waals surface area contributed by atoms with E-state index in [2.05, 4.69) is 15.9 Å². The average Bonchev–Trinajstić information content (AvgIpc) is 3.45. The fourth-order valence-electron chi connectivity index (χ4n) is 3.94. The van der Waals surface area contributed by atoms with Crippen LogP contribution in [0.3, 0.4) is 0 Å². The predicted molar refractivity (Wildman–Crippen MR) is 112 cm³/mol. The van der Waals surface area contributed by atoms with Crippen molar-refractivity contribution in [1.29, 1.82) is 0 Å². The molecule has 0 spiro atoms. The van der Waals surface area contributed by atoms with Crippen molar-refractivity contribution in [3.8, 4) is 5.75 Å². The zero-order valence-electron chi connectivity index (χ0n) is 16.7. The van der Waals surface area contributed by atoms with E-state index in [1.807, 2.05) is 0 Å². The molecule has 0 aliphatic carbocycles. The van der Waals surface area contributed by atoms with Gasteiger partial charge in [0.1, 0.15) is 29.1 Å². The number of hydrogen-bond donors (Lipinski definition) is 1. The first kappa shape index (κ1) is 20.7. The van der Waals surface area contributed by atoms with E-state index in [1.54, 1.807) is 37.3 Å². The van der Waals surface area contributed by atoms with Gasteiger partial charge in [-0.3, -0.25) is 9.59 Å². The Morgan fingerprint density at radius 3 is 2.70 bits per heavy atom. The van der Waals surface area contributed by atoms with Gasteiger partial charge >= 0.3 is 0 Å². The van der Waals surface area contributed by atoms with Crippen LogP contribution >= 0.6 is 15.9 Å². The monoisotopic (exact) mass is 475 g/mol. The number of nitrogens with zero attached hydrogens (tertiary/aromatic N) is 1. The molecule has 2 aliphatic rings. The molecule has 1 amide bonds. The highest BCUT2D eigenvalue weighted by molar-refractivity contribution is 9.10. The Morgan fingerprint density at radius 1 is 1.30 bits per heavy atom. The molecule has 2 saturated heterocycles. The van der Waals surface area contributed by atoms with Crippen molar-refractivity contribution in [3.63, 3.8) is 0 Å². The van der Waals surface area contributed by atoms with Crippen molar-refractivity contribution in [2.45, 2.75) is 31.9 Å². The van der Waals surface area contributed by atoms with Crippen LogP contribution in [0.1, 0.15) is 36.0 Å². The normalized spacial score (nSPS) is 23.4. The zero-order chi connectivity index (χ0) is 21.4. The van der Waals surface area contributed by atoms with Crippen LogP contribution < -0.4 is 4.74 Å². The van der Waals surface area contributed by atoms with Gasteiger partial charge in [-0.05, 0) is 66.0 Å². The van der Waals surface area contributed by atoms with Crippen LogP contribution in [0.4, 0.5) is 0 Å². The third-order valence-corrected chi connectivity index (χ3v) is 6.04. The van der Waals surface area contributed by atoms with E-state index < -0.39 is 17.7 Å². The van der Waals surface area contributed by atoms with E-state index in [0.29, 0.717) is 33.9 Å². The highest BCUT2D eigenvalue weighted by Gasteiger charge is 2.48. The maximum Gasteiger partial charge on any atom is 0.295 e. The maximum atomic E-state index is 13.0. The molecule has 2 aliphatic heterocycles. The number of carbonyl (C=O) groups excluding carboxylic acids is 2. The van der Waals surface area contributed by atoms with E-state index in [9.17, 15) is 14.7 Å². The molecule has 0 saturated carbocycles. The average molecular weight is 476 g/mol. The number of carbonyl (C=O) groups is 2. The van der Waals surface area contributed by atoms with Gasteiger partial charge in [-0.15, -0.1) is 0 Å². The quantitative estimate of drug-likeness (QED) is 0.399. The van der Waals surface area contributed by atoms with Crippen molar-refractivity contribution in [1.82, 2.24) is 4.90 Å². The first-order valence-corrected chi connectivity index (χ1v) is 10.5. The van der Waals surface area contributed by atoms with Crippen LogP contribution in [0.5, 0.6) is 5.75 Å². The second-order valence-electron chi connectivity index (χ2n) is 7.38. The molecule has 7 nitrogen and oxygen atoms in total. The number of benzene rings is 1. The summed E-state index contributed by atoms with van der Waals surface area (Å²) >= 11 is 3.39. The number of furan rings is 1. The van der Waals surface area contributed by atoms with E-state index in [1.165, 1.54) is 12.0 Å². The van der Waals surface area contributed by atoms with Crippen molar-refractivity contribution in [2.24, 2.45) is 0 Å². The number of likely N-dealkylation sites (tertiary alicyclic amines) is 1. The van der Waals surface area contributed by atoms with E-state index >= 15 is 0 Å². The van der Waals surface area contributed by atoms with Gasteiger partial charge in [-0.25, -0.2) is 0 Å². The number of ether oxygens (including phenoxy) is 2. The molecule has 0 radical (unpaired) electrons. The second-order valence-corrected chi connectivity index (χ2v) is 8.24. The summed E-state index contributed by atoms with van der Waals surface area (Å²) in [6.07, 6.45) is 1.59. The first-order valence-electron chi connectivity index (χ1n) is 9.71. The minimum Gasteiger partial charge on any atom is -0.507 e. The lowest BCUT2D eigenvalue weighted by Crippen LogP contribution is -2.36. The number of hydrogen-bond acceptors (Lipinski definition) is 6. The number of halogens is 1. The fraction of sp³-hybridized carbons (Fsp3) is 0.364. The van der Waals surface area contributed by atoms with Crippen LogP contribution in [0.25, 0.3) is 5.76 Å². The lowest BCUT2D eigenvalue weighted by Gasteiger charge is -2.25. The summed E-state index contributed by atoms with van der Waals surface area (Å²) in [6.45, 7) is 2.69. The van der Waals surface area contributed by atoms with Crippen LogP contribution in [-0.4, -0.2) is 48.1 Å². The standard InChI is InChI=1S/C22H22BrNO6/c1-12-5-7-17(30-12)19-18(20(25)13-6-8-16(28-2)15(23)10-13)21(26)22(27)24(19)11-14-4-3-9-29-14/h5-8,10,14,19,25H,3-4,9,11H2,1-2H3/b20-18-. The van der Waals surface area contributed by atoms with Gasteiger partial charge in [0.05, 0.1) is 23.3 Å². The molecule has 4 rings (SSSR count). The Bertz CT molecular complexity index is 1020. The fourth-order valence-corrected chi connectivity index (χ4v) is 4.48. The molecular formula is C22H22BrNO6. The molecule has 2 aromatic rings. The molecule has 1 aromatic carbocycles. The lowest BCUT2D eigenvalue weighted by molar-refractivity contribution is -0.141. The second kappa shape index (κ2) is 8.28. The van der Waals surface area contributed by atoms with Gasteiger partial charge in [0.25, 0.3) is 11.7 Å². The minimum absolute atomic E-state index is 0.00409. The first-order chi connectivity index (χ1) is 14.4. The molecule has 158 valence electrons. The predicted octanol–water partition coefficient (Wildman–Crippen LogP) is 3.96. The molecule has 2 fully saturated rings. The van der Waals surface area contributed by atoms with Crippen molar-refractivity contribution in [3.05, 3.63) is 57.5 Å². The molecule has 0 bridgehead atoms. The third-order valence-electron chi connectivity index (χ3n) is 5.42.